The average Bonchev–Trinajstić information content (AvgIpc) is 2.39. The van der Waals surface area contributed by atoms with Crippen molar-refractivity contribution in [1.82, 2.24) is 4.90 Å². The fraction of sp³-hybridized carbons (Fsp3) is 0.429. The minimum absolute atomic E-state index is 0.0708. The summed E-state index contributed by atoms with van der Waals surface area (Å²) < 4.78 is 5.06. The van der Waals surface area contributed by atoms with Crippen LogP contribution in [0.4, 0.5) is 5.69 Å². The van der Waals surface area contributed by atoms with Crippen LogP contribution in [0.1, 0.15) is 12.5 Å². The Bertz CT molecular complexity index is 462. The van der Waals surface area contributed by atoms with E-state index < -0.39 is 0 Å². The third-order valence-electron chi connectivity index (χ3n) is 3.01. The van der Waals surface area contributed by atoms with E-state index in [1.54, 1.807) is 31.4 Å². The predicted molar refractivity (Wildman–Crippen MR) is 84.9 cm³/mol. The van der Waals surface area contributed by atoms with Gasteiger partial charge in [-0.25, -0.2) is 0 Å². The first-order valence-electron chi connectivity index (χ1n) is 6.33. The van der Waals surface area contributed by atoms with E-state index in [9.17, 15) is 4.79 Å². The number of nitrogens with two attached hydrogens (primary N) is 1. The molecule has 0 saturated carbocycles. The number of amides is 1. The molecule has 3 N–H and O–H groups in total. The van der Waals surface area contributed by atoms with Crippen LogP contribution in [0.5, 0.6) is 0 Å². The summed E-state index contributed by atoms with van der Waals surface area (Å²) in [5.41, 5.74) is 7.02. The van der Waals surface area contributed by atoms with Crippen molar-refractivity contribution in [2.45, 2.75) is 13.0 Å². The second-order valence-electron chi connectivity index (χ2n) is 4.71. The van der Waals surface area contributed by atoms with Gasteiger partial charge in [0.15, 0.2) is 0 Å². The molecule has 5 nitrogen and oxygen atoms in total. The monoisotopic (exact) mass is 295 g/mol. The minimum Gasteiger partial charge on any atom is -0.389 e. The van der Waals surface area contributed by atoms with Crippen molar-refractivity contribution in [1.29, 1.82) is 0 Å². The summed E-state index contributed by atoms with van der Waals surface area (Å²) in [7, 11) is 3.53. The van der Waals surface area contributed by atoms with Crippen molar-refractivity contribution >= 4 is 28.8 Å². The molecule has 1 aromatic carbocycles. The Labute approximate surface area is 125 Å². The first-order valence-corrected chi connectivity index (χ1v) is 6.73. The van der Waals surface area contributed by atoms with Gasteiger partial charge in [-0.2, -0.15) is 0 Å². The highest BCUT2D eigenvalue weighted by Crippen LogP contribution is 2.09. The van der Waals surface area contributed by atoms with Crippen LogP contribution in [-0.2, 0) is 9.53 Å². The van der Waals surface area contributed by atoms with Gasteiger partial charge < -0.3 is 15.8 Å². The number of nitrogens with zero attached hydrogens (tertiary/aromatic N) is 1. The predicted octanol–water partition coefficient (Wildman–Crippen LogP) is 1.23. The Morgan fingerprint density at radius 1 is 1.45 bits per heavy atom. The first-order chi connectivity index (χ1) is 9.43. The standard InChI is InChI=1S/C14H21N3O2S/c1-10(9-19-3)17(2)8-13(18)16-12-6-4-11(5-7-12)14(15)20/h4-7,10H,8-9H2,1-3H3,(H2,15,20)(H,16,18). The SMILES string of the molecule is COCC(C)N(C)CC(=O)Nc1ccc(C(N)=S)cc1. The molecule has 0 fully saturated rings. The lowest BCUT2D eigenvalue weighted by Crippen LogP contribution is -2.38. The second-order valence-corrected chi connectivity index (χ2v) is 5.15. The number of rotatable bonds is 7. The van der Waals surface area contributed by atoms with E-state index in [2.05, 4.69) is 5.32 Å². The molecule has 0 saturated heterocycles. The van der Waals surface area contributed by atoms with Crippen LogP contribution >= 0.6 is 12.2 Å². The summed E-state index contributed by atoms with van der Waals surface area (Å²) >= 11 is 4.88. The molecule has 0 radical (unpaired) electrons. The van der Waals surface area contributed by atoms with Gasteiger partial charge in [0.25, 0.3) is 0 Å². The molecule has 6 heteroatoms. The smallest absolute Gasteiger partial charge is 0.238 e. The molecule has 1 aromatic rings. The lowest BCUT2D eigenvalue weighted by Gasteiger charge is -2.23. The Balaban J connectivity index is 2.51. The maximum atomic E-state index is 11.9. The van der Waals surface area contributed by atoms with Crippen LogP contribution < -0.4 is 11.1 Å². The van der Waals surface area contributed by atoms with Crippen LogP contribution in [0.25, 0.3) is 0 Å². The van der Waals surface area contributed by atoms with E-state index in [-0.39, 0.29) is 11.9 Å². The summed E-state index contributed by atoms with van der Waals surface area (Å²) in [6.07, 6.45) is 0. The fourth-order valence-electron chi connectivity index (χ4n) is 1.67. The number of methoxy groups -OCH3 is 1. The normalized spacial score (nSPS) is 12.2. The average molecular weight is 295 g/mol. The third-order valence-corrected chi connectivity index (χ3v) is 3.24. The number of ether oxygens (including phenoxy) is 1. The first kappa shape index (κ1) is 16.6. The van der Waals surface area contributed by atoms with Crippen molar-refractivity contribution < 1.29 is 9.53 Å². The van der Waals surface area contributed by atoms with Crippen LogP contribution in [0, 0.1) is 0 Å². The van der Waals surface area contributed by atoms with Gasteiger partial charge >= 0.3 is 0 Å². The van der Waals surface area contributed by atoms with Gasteiger partial charge in [0.1, 0.15) is 4.99 Å². The number of carbonyl (C=O) groups excluding carboxylic acids is 1. The number of hydrogen-bond acceptors (Lipinski definition) is 4. The second kappa shape index (κ2) is 7.94. The summed E-state index contributed by atoms with van der Waals surface area (Å²) in [5, 5.41) is 2.83. The van der Waals surface area contributed by atoms with E-state index in [1.165, 1.54) is 0 Å². The van der Waals surface area contributed by atoms with Crippen molar-refractivity contribution in [3.05, 3.63) is 29.8 Å². The van der Waals surface area contributed by atoms with Gasteiger partial charge in [-0.15, -0.1) is 0 Å². The van der Waals surface area contributed by atoms with Gasteiger partial charge in [-0.3, -0.25) is 9.69 Å². The van der Waals surface area contributed by atoms with Gasteiger partial charge in [0, 0.05) is 24.4 Å². The van der Waals surface area contributed by atoms with Crippen molar-refractivity contribution in [2.24, 2.45) is 5.73 Å². The summed E-state index contributed by atoms with van der Waals surface area (Å²) in [6, 6.07) is 7.32. The number of thiocarbonyl (C=S) groups is 1. The van der Waals surface area contributed by atoms with Crippen molar-refractivity contribution in [3.8, 4) is 0 Å². The summed E-state index contributed by atoms with van der Waals surface area (Å²) in [5.74, 6) is -0.0708. The van der Waals surface area contributed by atoms with Crippen LogP contribution in [0.2, 0.25) is 0 Å². The van der Waals surface area contributed by atoms with E-state index in [4.69, 9.17) is 22.7 Å². The molecule has 0 aliphatic rings. The maximum absolute atomic E-state index is 11.9. The Hall–Kier alpha value is -1.50. The molecule has 0 aromatic heterocycles. The van der Waals surface area contributed by atoms with Crippen LogP contribution in [-0.4, -0.2) is 49.1 Å². The van der Waals surface area contributed by atoms with E-state index >= 15 is 0 Å². The molecule has 1 unspecified atom stereocenters. The molecule has 0 spiro atoms. The summed E-state index contributed by atoms with van der Waals surface area (Å²) in [4.78, 5) is 14.2. The number of carbonyl (C=O) groups is 1. The number of benzene rings is 1. The van der Waals surface area contributed by atoms with Crippen molar-refractivity contribution in [2.75, 3.05) is 32.6 Å². The lowest BCUT2D eigenvalue weighted by molar-refractivity contribution is -0.117. The van der Waals surface area contributed by atoms with Crippen LogP contribution in [0.3, 0.4) is 0 Å². The largest absolute Gasteiger partial charge is 0.389 e. The Morgan fingerprint density at radius 3 is 2.55 bits per heavy atom. The minimum atomic E-state index is -0.0708. The molecule has 0 heterocycles. The molecule has 0 bridgehead atoms. The zero-order valence-electron chi connectivity index (χ0n) is 12.1. The molecule has 0 aliphatic heterocycles. The highest BCUT2D eigenvalue weighted by molar-refractivity contribution is 7.80. The molecule has 0 aliphatic carbocycles. The number of nitrogens with one attached hydrogen (secondary N) is 1. The molecule has 1 atom stereocenters. The van der Waals surface area contributed by atoms with Gasteiger partial charge in [-0.05, 0) is 38.2 Å². The molecular formula is C14H21N3O2S. The zero-order valence-corrected chi connectivity index (χ0v) is 12.9. The van der Waals surface area contributed by atoms with Gasteiger partial charge in [0.05, 0.1) is 13.2 Å². The van der Waals surface area contributed by atoms with Crippen molar-refractivity contribution in [3.63, 3.8) is 0 Å². The highest BCUT2D eigenvalue weighted by Gasteiger charge is 2.12. The number of hydrogen-bond donors (Lipinski definition) is 2. The highest BCUT2D eigenvalue weighted by atomic mass is 32.1. The molecule has 110 valence electrons. The molecular weight excluding hydrogens is 274 g/mol. The fourth-order valence-corrected chi connectivity index (χ4v) is 1.81. The Morgan fingerprint density at radius 2 is 2.05 bits per heavy atom. The zero-order chi connectivity index (χ0) is 15.1. The number of likely N-dealkylation sites (N-methyl/N-ethyl adjacent to an activating group) is 1. The van der Waals surface area contributed by atoms with E-state index in [1.807, 2.05) is 18.9 Å². The van der Waals surface area contributed by atoms with E-state index in [0.29, 0.717) is 18.1 Å². The van der Waals surface area contributed by atoms with E-state index in [0.717, 1.165) is 11.3 Å². The Kier molecular flexibility index (Phi) is 6.57. The molecule has 20 heavy (non-hydrogen) atoms. The third kappa shape index (κ3) is 5.24. The molecule has 1 rings (SSSR count). The quantitative estimate of drug-likeness (QED) is 0.741. The molecule has 1 amide bonds. The van der Waals surface area contributed by atoms with Gasteiger partial charge in [-0.1, -0.05) is 12.2 Å². The van der Waals surface area contributed by atoms with Crippen LogP contribution in [0.15, 0.2) is 24.3 Å². The lowest BCUT2D eigenvalue weighted by atomic mass is 10.2. The topological polar surface area (TPSA) is 67.6 Å². The van der Waals surface area contributed by atoms with Gasteiger partial charge in [0.2, 0.25) is 5.91 Å². The number of anilines is 1. The maximum Gasteiger partial charge on any atom is 0.238 e. The summed E-state index contributed by atoms with van der Waals surface area (Å²) in [6.45, 7) is 2.90.